The van der Waals surface area contributed by atoms with Crippen molar-refractivity contribution < 1.29 is 9.59 Å². The first-order valence-corrected chi connectivity index (χ1v) is 9.92. The van der Waals surface area contributed by atoms with E-state index in [4.69, 9.17) is 11.6 Å². The van der Waals surface area contributed by atoms with Crippen molar-refractivity contribution in [3.05, 3.63) is 70.7 Å². The molecule has 2 amide bonds. The number of carbonyl (C=O) groups is 2. The number of carbonyl (C=O) groups excluding carboxylic acids is 2. The molecule has 0 radical (unpaired) electrons. The van der Waals surface area contributed by atoms with Crippen molar-refractivity contribution >= 4 is 35.2 Å². The van der Waals surface area contributed by atoms with Crippen molar-refractivity contribution in [3.8, 4) is 0 Å². The molecule has 0 bridgehead atoms. The maximum absolute atomic E-state index is 12.8. The minimum absolute atomic E-state index is 0.0676. The van der Waals surface area contributed by atoms with E-state index < -0.39 is 6.04 Å². The molecular weight excluding hydrogens is 368 g/mol. The molecule has 0 aromatic heterocycles. The van der Waals surface area contributed by atoms with Gasteiger partial charge < -0.3 is 10.2 Å². The van der Waals surface area contributed by atoms with E-state index >= 15 is 0 Å². The van der Waals surface area contributed by atoms with Gasteiger partial charge in [0, 0.05) is 24.4 Å². The third-order valence-corrected chi connectivity index (χ3v) is 5.39. The minimum Gasteiger partial charge on any atom is -0.357 e. The lowest BCUT2D eigenvalue weighted by Gasteiger charge is -2.28. The Hall–Kier alpha value is -1.98. The third kappa shape index (κ3) is 5.78. The van der Waals surface area contributed by atoms with E-state index in [1.54, 1.807) is 18.9 Å². The molecule has 0 heterocycles. The van der Waals surface area contributed by atoms with Gasteiger partial charge in [0.05, 0.1) is 5.75 Å². The Morgan fingerprint density at radius 1 is 1.12 bits per heavy atom. The van der Waals surface area contributed by atoms with E-state index in [2.05, 4.69) is 5.32 Å². The Labute approximate surface area is 163 Å². The van der Waals surface area contributed by atoms with Crippen LogP contribution in [0.5, 0.6) is 0 Å². The summed E-state index contributed by atoms with van der Waals surface area (Å²) >= 11 is 7.66. The molecule has 6 heteroatoms. The summed E-state index contributed by atoms with van der Waals surface area (Å²) in [5.74, 6) is 0.700. The summed E-state index contributed by atoms with van der Waals surface area (Å²) in [6, 6.07) is 16.8. The summed E-state index contributed by atoms with van der Waals surface area (Å²) in [6.45, 7) is 2.15. The summed E-state index contributed by atoms with van der Waals surface area (Å²) < 4.78 is 0. The number of benzene rings is 2. The van der Waals surface area contributed by atoms with Crippen LogP contribution in [0.4, 0.5) is 0 Å². The van der Waals surface area contributed by atoms with E-state index in [0.717, 1.165) is 11.1 Å². The van der Waals surface area contributed by atoms with E-state index in [9.17, 15) is 9.59 Å². The molecule has 2 aromatic carbocycles. The number of halogens is 1. The lowest BCUT2D eigenvalue weighted by atomic mass is 10.1. The average molecular weight is 391 g/mol. The van der Waals surface area contributed by atoms with Crippen molar-refractivity contribution in [1.82, 2.24) is 10.2 Å². The van der Waals surface area contributed by atoms with Crippen LogP contribution in [0, 0.1) is 0 Å². The Balaban J connectivity index is 2.02. The smallest absolute Gasteiger partial charge is 0.242 e. The van der Waals surface area contributed by atoms with Gasteiger partial charge >= 0.3 is 0 Å². The molecule has 2 aromatic rings. The van der Waals surface area contributed by atoms with Gasteiger partial charge in [0.1, 0.15) is 6.04 Å². The van der Waals surface area contributed by atoms with Gasteiger partial charge in [-0.2, -0.15) is 0 Å². The molecule has 0 aliphatic carbocycles. The average Bonchev–Trinajstić information content (AvgIpc) is 2.67. The number of hydrogen-bond acceptors (Lipinski definition) is 3. The maximum atomic E-state index is 12.8. The molecule has 0 aliphatic rings. The Morgan fingerprint density at radius 2 is 1.77 bits per heavy atom. The number of rotatable bonds is 8. The van der Waals surface area contributed by atoms with Gasteiger partial charge in [-0.1, -0.05) is 60.1 Å². The lowest BCUT2D eigenvalue weighted by Crippen LogP contribution is -2.47. The quantitative estimate of drug-likeness (QED) is 0.747. The van der Waals surface area contributed by atoms with Crippen LogP contribution in [0.3, 0.4) is 0 Å². The van der Waals surface area contributed by atoms with Gasteiger partial charge in [-0.25, -0.2) is 0 Å². The standard InChI is InChI=1S/C20H23ClN2O2S/c1-15(20(25)22-2)23(12-16-8-4-3-5-9-16)19(24)14-26-13-17-10-6-7-11-18(17)21/h3-11,15H,12-14H2,1-2H3,(H,22,25)/t15-/m0/s1. The lowest BCUT2D eigenvalue weighted by molar-refractivity contribution is -0.138. The van der Waals surface area contributed by atoms with Crippen LogP contribution < -0.4 is 5.32 Å². The van der Waals surface area contributed by atoms with Crippen LogP contribution in [0.25, 0.3) is 0 Å². The van der Waals surface area contributed by atoms with Gasteiger partial charge in [0.15, 0.2) is 0 Å². The van der Waals surface area contributed by atoms with Gasteiger partial charge in [-0.15, -0.1) is 11.8 Å². The Morgan fingerprint density at radius 3 is 2.42 bits per heavy atom. The number of hydrogen-bond donors (Lipinski definition) is 1. The fourth-order valence-corrected chi connectivity index (χ4v) is 3.71. The molecule has 0 saturated carbocycles. The SMILES string of the molecule is CNC(=O)[C@H](C)N(Cc1ccccc1)C(=O)CSCc1ccccc1Cl. The second kappa shape index (κ2) is 10.2. The summed E-state index contributed by atoms with van der Waals surface area (Å²) in [6.07, 6.45) is 0. The predicted octanol–water partition coefficient (Wildman–Crippen LogP) is 3.74. The number of thioether (sulfide) groups is 1. The number of likely N-dealkylation sites (N-methyl/N-ethyl adjacent to an activating group) is 1. The first-order chi connectivity index (χ1) is 12.5. The van der Waals surface area contributed by atoms with Crippen molar-refractivity contribution in [2.24, 2.45) is 0 Å². The van der Waals surface area contributed by atoms with Crippen molar-refractivity contribution in [1.29, 1.82) is 0 Å². The van der Waals surface area contributed by atoms with Crippen LogP contribution in [0.1, 0.15) is 18.1 Å². The fourth-order valence-electron chi connectivity index (χ4n) is 2.52. The monoisotopic (exact) mass is 390 g/mol. The highest BCUT2D eigenvalue weighted by Gasteiger charge is 2.25. The van der Waals surface area contributed by atoms with Crippen molar-refractivity contribution in [2.45, 2.75) is 25.3 Å². The largest absolute Gasteiger partial charge is 0.357 e. The molecule has 0 spiro atoms. The van der Waals surface area contributed by atoms with Crippen LogP contribution in [0.15, 0.2) is 54.6 Å². The molecule has 0 saturated heterocycles. The molecular formula is C20H23ClN2O2S. The number of nitrogens with zero attached hydrogens (tertiary/aromatic N) is 1. The van der Waals surface area contributed by atoms with Gasteiger partial charge in [0.2, 0.25) is 11.8 Å². The van der Waals surface area contributed by atoms with Crippen LogP contribution in [0.2, 0.25) is 5.02 Å². The van der Waals surface area contributed by atoms with Gasteiger partial charge in [-0.05, 0) is 24.1 Å². The second-order valence-electron chi connectivity index (χ2n) is 5.88. The molecule has 0 fully saturated rings. The summed E-state index contributed by atoms with van der Waals surface area (Å²) in [4.78, 5) is 26.5. The highest BCUT2D eigenvalue weighted by Crippen LogP contribution is 2.21. The van der Waals surface area contributed by atoms with E-state index in [1.807, 2.05) is 54.6 Å². The molecule has 0 aliphatic heterocycles. The zero-order valence-electron chi connectivity index (χ0n) is 14.9. The Kier molecular flexibility index (Phi) is 8.01. The molecule has 138 valence electrons. The van der Waals surface area contributed by atoms with E-state index in [-0.39, 0.29) is 11.8 Å². The highest BCUT2D eigenvalue weighted by atomic mass is 35.5. The first kappa shape index (κ1) is 20.3. The molecule has 2 rings (SSSR count). The topological polar surface area (TPSA) is 49.4 Å². The number of nitrogens with one attached hydrogen (secondary N) is 1. The summed E-state index contributed by atoms with van der Waals surface area (Å²) in [5, 5.41) is 3.32. The molecule has 1 N–H and O–H groups in total. The fraction of sp³-hybridized carbons (Fsp3) is 0.300. The maximum Gasteiger partial charge on any atom is 0.242 e. The first-order valence-electron chi connectivity index (χ1n) is 8.39. The normalized spacial score (nSPS) is 11.7. The summed E-state index contributed by atoms with van der Waals surface area (Å²) in [5.41, 5.74) is 1.99. The van der Waals surface area contributed by atoms with Crippen molar-refractivity contribution in [2.75, 3.05) is 12.8 Å². The Bertz CT molecular complexity index is 740. The molecule has 0 unspecified atom stereocenters. The zero-order chi connectivity index (χ0) is 18.9. The van der Waals surface area contributed by atoms with Crippen molar-refractivity contribution in [3.63, 3.8) is 0 Å². The predicted molar refractivity (Wildman–Crippen MR) is 108 cm³/mol. The van der Waals surface area contributed by atoms with Gasteiger partial charge in [0.25, 0.3) is 0 Å². The van der Waals surface area contributed by atoms with Crippen LogP contribution in [-0.4, -0.2) is 35.6 Å². The van der Waals surface area contributed by atoms with Crippen LogP contribution >= 0.6 is 23.4 Å². The second-order valence-corrected chi connectivity index (χ2v) is 7.27. The zero-order valence-corrected chi connectivity index (χ0v) is 16.5. The summed E-state index contributed by atoms with van der Waals surface area (Å²) in [7, 11) is 1.58. The number of amides is 2. The highest BCUT2D eigenvalue weighted by molar-refractivity contribution is 7.99. The van der Waals surface area contributed by atoms with E-state index in [1.165, 1.54) is 11.8 Å². The van der Waals surface area contributed by atoms with E-state index in [0.29, 0.717) is 23.1 Å². The van der Waals surface area contributed by atoms with Gasteiger partial charge in [-0.3, -0.25) is 9.59 Å². The third-order valence-electron chi connectivity index (χ3n) is 4.05. The molecule has 4 nitrogen and oxygen atoms in total. The minimum atomic E-state index is -0.534. The molecule has 1 atom stereocenters. The molecule has 26 heavy (non-hydrogen) atoms. The van der Waals surface area contributed by atoms with Crippen LogP contribution in [-0.2, 0) is 21.9 Å².